The zero-order valence-corrected chi connectivity index (χ0v) is 8.02. The lowest BCUT2D eigenvalue weighted by Crippen LogP contribution is -2.33. The van der Waals surface area contributed by atoms with Gasteiger partial charge in [-0.1, -0.05) is 19.0 Å². The van der Waals surface area contributed by atoms with Crippen molar-refractivity contribution < 1.29 is 9.53 Å². The molecule has 0 heterocycles. The van der Waals surface area contributed by atoms with Crippen LogP contribution in [0, 0.1) is 5.92 Å². The highest BCUT2D eigenvalue weighted by atomic mass is 16.5. The minimum Gasteiger partial charge on any atom is -0.453 e. The number of amides is 1. The second kappa shape index (κ2) is 6.14. The summed E-state index contributed by atoms with van der Waals surface area (Å²) in [5.41, 5.74) is 8.22. The molecule has 6 heteroatoms. The largest absolute Gasteiger partial charge is 0.453 e. The van der Waals surface area contributed by atoms with Gasteiger partial charge in [-0.05, 0) is 11.4 Å². The molecule has 0 fully saturated rings. The first-order valence-electron chi connectivity index (χ1n) is 3.97. The molecule has 0 aliphatic rings. The van der Waals surface area contributed by atoms with Crippen molar-refractivity contribution in [3.05, 3.63) is 10.4 Å². The highest BCUT2D eigenvalue weighted by molar-refractivity contribution is 5.66. The molecule has 0 aromatic carbocycles. The summed E-state index contributed by atoms with van der Waals surface area (Å²) >= 11 is 0. The van der Waals surface area contributed by atoms with E-state index in [-0.39, 0.29) is 12.0 Å². The maximum absolute atomic E-state index is 10.7. The molecule has 0 aromatic heterocycles. The summed E-state index contributed by atoms with van der Waals surface area (Å²) in [4.78, 5) is 13.4. The summed E-state index contributed by atoms with van der Waals surface area (Å²) in [6.45, 7) is 4.13. The first-order valence-corrected chi connectivity index (χ1v) is 3.97. The average molecular weight is 186 g/mol. The second-order valence-corrected chi connectivity index (χ2v) is 2.89. The molecule has 0 rings (SSSR count). The summed E-state index contributed by atoms with van der Waals surface area (Å²) in [7, 11) is 1.28. The summed E-state index contributed by atoms with van der Waals surface area (Å²) < 4.78 is 4.37. The summed E-state index contributed by atoms with van der Waals surface area (Å²) in [6.07, 6.45) is -0.515. The van der Waals surface area contributed by atoms with E-state index in [2.05, 4.69) is 20.1 Å². The van der Waals surface area contributed by atoms with Crippen LogP contribution in [0.15, 0.2) is 5.11 Å². The Kier molecular flexibility index (Phi) is 5.47. The van der Waals surface area contributed by atoms with E-state index in [0.29, 0.717) is 6.54 Å². The maximum atomic E-state index is 10.7. The minimum absolute atomic E-state index is 0.188. The van der Waals surface area contributed by atoms with Gasteiger partial charge in [0.25, 0.3) is 0 Å². The van der Waals surface area contributed by atoms with E-state index < -0.39 is 6.09 Å². The molecule has 0 bridgehead atoms. The third kappa shape index (κ3) is 4.92. The van der Waals surface area contributed by atoms with Gasteiger partial charge in [0.1, 0.15) is 0 Å². The number of azide groups is 1. The van der Waals surface area contributed by atoms with Crippen LogP contribution in [0.3, 0.4) is 0 Å². The lowest BCUT2D eigenvalue weighted by Gasteiger charge is -2.14. The molecule has 0 saturated carbocycles. The molecule has 0 saturated heterocycles. The first kappa shape index (κ1) is 11.6. The van der Waals surface area contributed by atoms with Gasteiger partial charge in [-0.3, -0.25) is 0 Å². The van der Waals surface area contributed by atoms with Crippen molar-refractivity contribution in [2.75, 3.05) is 13.7 Å². The lowest BCUT2D eigenvalue weighted by molar-refractivity contribution is 0.169. The summed E-state index contributed by atoms with van der Waals surface area (Å²) in [6, 6.07) is -0.232. The molecule has 13 heavy (non-hydrogen) atoms. The topological polar surface area (TPSA) is 87.1 Å². The van der Waals surface area contributed by atoms with E-state index in [1.165, 1.54) is 7.11 Å². The highest BCUT2D eigenvalue weighted by Gasteiger charge is 2.12. The van der Waals surface area contributed by atoms with Crippen molar-refractivity contribution in [1.29, 1.82) is 0 Å². The van der Waals surface area contributed by atoms with E-state index in [1.807, 2.05) is 13.8 Å². The Morgan fingerprint density at radius 3 is 2.69 bits per heavy atom. The van der Waals surface area contributed by atoms with Gasteiger partial charge in [-0.25, -0.2) is 4.79 Å². The van der Waals surface area contributed by atoms with Gasteiger partial charge in [-0.2, -0.15) is 0 Å². The van der Waals surface area contributed by atoms with Crippen LogP contribution in [0.5, 0.6) is 0 Å². The van der Waals surface area contributed by atoms with Gasteiger partial charge >= 0.3 is 6.09 Å². The van der Waals surface area contributed by atoms with Crippen LogP contribution in [0.2, 0.25) is 0 Å². The van der Waals surface area contributed by atoms with Gasteiger partial charge in [-0.15, -0.1) is 0 Å². The predicted octanol–water partition coefficient (Wildman–Crippen LogP) is 1.68. The zero-order chi connectivity index (χ0) is 10.3. The average Bonchev–Trinajstić information content (AvgIpc) is 2.11. The number of methoxy groups -OCH3 is 1. The smallest absolute Gasteiger partial charge is 0.406 e. The highest BCUT2D eigenvalue weighted by Crippen LogP contribution is 2.05. The van der Waals surface area contributed by atoms with Gasteiger partial charge < -0.3 is 10.1 Å². The van der Waals surface area contributed by atoms with Gasteiger partial charge in [0.05, 0.1) is 13.2 Å². The van der Waals surface area contributed by atoms with Crippen molar-refractivity contribution in [3.8, 4) is 0 Å². The fourth-order valence-corrected chi connectivity index (χ4v) is 0.736. The number of carbonyl (C=O) groups is 1. The zero-order valence-electron chi connectivity index (χ0n) is 8.02. The maximum Gasteiger partial charge on any atom is 0.406 e. The molecule has 0 radical (unpaired) electrons. The van der Waals surface area contributed by atoms with E-state index in [4.69, 9.17) is 5.53 Å². The number of nitrogens with one attached hydrogen (secondary N) is 1. The number of hydrogen-bond donors (Lipinski definition) is 1. The van der Waals surface area contributed by atoms with Crippen molar-refractivity contribution in [2.24, 2.45) is 11.0 Å². The quantitative estimate of drug-likeness (QED) is 0.411. The molecule has 0 aliphatic heterocycles. The lowest BCUT2D eigenvalue weighted by atomic mass is 10.1. The molecule has 0 aromatic rings. The third-order valence-electron chi connectivity index (χ3n) is 1.61. The Morgan fingerprint density at radius 2 is 2.31 bits per heavy atom. The first-order chi connectivity index (χ1) is 6.11. The Labute approximate surface area is 76.9 Å². The number of alkyl carbamates (subject to hydrolysis) is 1. The van der Waals surface area contributed by atoms with E-state index >= 15 is 0 Å². The molecule has 74 valence electrons. The molecular weight excluding hydrogens is 172 g/mol. The van der Waals surface area contributed by atoms with Crippen LogP contribution in [0.1, 0.15) is 13.8 Å². The van der Waals surface area contributed by atoms with Gasteiger partial charge in [0, 0.05) is 11.5 Å². The molecule has 1 atom stereocenters. The Bertz CT molecular complexity index is 211. The van der Waals surface area contributed by atoms with Crippen molar-refractivity contribution >= 4 is 6.09 Å². The third-order valence-corrected chi connectivity index (χ3v) is 1.61. The molecule has 1 amide bonds. The Morgan fingerprint density at radius 1 is 1.69 bits per heavy atom. The fraction of sp³-hybridized carbons (Fsp3) is 0.857. The van der Waals surface area contributed by atoms with E-state index in [0.717, 1.165) is 0 Å². The number of ether oxygens (including phenoxy) is 1. The molecule has 0 spiro atoms. The van der Waals surface area contributed by atoms with Crippen LogP contribution in [-0.4, -0.2) is 25.8 Å². The summed E-state index contributed by atoms with van der Waals surface area (Å²) in [5.74, 6) is 0.188. The normalized spacial score (nSPS) is 11.7. The molecule has 6 nitrogen and oxygen atoms in total. The van der Waals surface area contributed by atoms with E-state index in [1.54, 1.807) is 0 Å². The molecule has 0 aliphatic carbocycles. The number of rotatable bonds is 4. The molecular formula is C7H14N4O2. The number of hydrogen-bond acceptors (Lipinski definition) is 3. The monoisotopic (exact) mass is 186 g/mol. The van der Waals surface area contributed by atoms with Crippen LogP contribution in [-0.2, 0) is 4.74 Å². The van der Waals surface area contributed by atoms with Crippen LogP contribution >= 0.6 is 0 Å². The van der Waals surface area contributed by atoms with Gasteiger partial charge in [0.2, 0.25) is 0 Å². The van der Waals surface area contributed by atoms with Crippen LogP contribution in [0.4, 0.5) is 4.79 Å². The van der Waals surface area contributed by atoms with Crippen molar-refractivity contribution in [2.45, 2.75) is 19.9 Å². The second-order valence-electron chi connectivity index (χ2n) is 2.89. The minimum atomic E-state index is -0.515. The van der Waals surface area contributed by atoms with Crippen LogP contribution < -0.4 is 5.32 Å². The molecule has 1 N–H and O–H groups in total. The van der Waals surface area contributed by atoms with Gasteiger partial charge in [0.15, 0.2) is 0 Å². The fourth-order valence-electron chi connectivity index (χ4n) is 0.736. The number of carbonyl (C=O) groups excluding carboxylic acids is 1. The van der Waals surface area contributed by atoms with Crippen molar-refractivity contribution in [1.82, 2.24) is 5.32 Å². The van der Waals surface area contributed by atoms with Crippen molar-refractivity contribution in [3.63, 3.8) is 0 Å². The predicted molar refractivity (Wildman–Crippen MR) is 48.2 cm³/mol. The Balaban J connectivity index is 3.96. The van der Waals surface area contributed by atoms with Crippen LogP contribution in [0.25, 0.3) is 10.4 Å². The Hall–Kier alpha value is -1.42. The standard InChI is InChI=1S/C7H14N4O2/c1-5(2)6(10-11-8)4-9-7(12)13-3/h5-6H,4H2,1-3H3,(H,9,12)/t6-/m0/s1. The number of nitrogens with zero attached hydrogens (tertiary/aromatic N) is 3. The molecule has 0 unspecified atom stereocenters. The summed E-state index contributed by atoms with van der Waals surface area (Å²) in [5, 5.41) is 6.01. The van der Waals surface area contributed by atoms with E-state index in [9.17, 15) is 4.79 Å². The SMILES string of the molecule is COC(=O)NC[C@H](N=[N+]=[N-])C(C)C.